The van der Waals surface area contributed by atoms with Crippen molar-refractivity contribution in [1.82, 2.24) is 5.32 Å². The van der Waals surface area contributed by atoms with Crippen molar-refractivity contribution in [3.05, 3.63) is 83.4 Å². The van der Waals surface area contributed by atoms with Crippen LogP contribution in [0.15, 0.2) is 66.7 Å². The summed E-state index contributed by atoms with van der Waals surface area (Å²) in [5, 5.41) is 15.6. The second-order valence-corrected chi connectivity index (χ2v) is 5.87. The standard InChI is InChI=1S/C12H11N.C9H12O/c1-3-9-4-2-6-11-8-13-7-10(5-1)12(9)11;1-2-9(10)8-6-4-3-5-7-8/h1-6,13H,7-8H2;3-7,9-10H,2H2,1H3. The molecule has 2 N–H and O–H groups in total. The van der Waals surface area contributed by atoms with E-state index in [9.17, 15) is 5.11 Å². The Kier molecular flexibility index (Phi) is 5.06. The summed E-state index contributed by atoms with van der Waals surface area (Å²) >= 11 is 0. The average Bonchev–Trinajstić information content (AvgIpc) is 2.63. The molecule has 4 rings (SSSR count). The van der Waals surface area contributed by atoms with Crippen molar-refractivity contribution < 1.29 is 5.11 Å². The van der Waals surface area contributed by atoms with Gasteiger partial charge in [-0.2, -0.15) is 0 Å². The molecule has 2 nitrogen and oxygen atoms in total. The number of nitrogens with one attached hydrogen (secondary N) is 1. The lowest BCUT2D eigenvalue weighted by molar-refractivity contribution is 0.173. The molecule has 0 saturated heterocycles. The molecule has 1 unspecified atom stereocenters. The number of rotatable bonds is 2. The normalized spacial score (nSPS) is 14.0. The van der Waals surface area contributed by atoms with Crippen LogP contribution in [0.1, 0.15) is 36.1 Å². The first-order valence-electron chi connectivity index (χ1n) is 8.23. The van der Waals surface area contributed by atoms with Crippen LogP contribution in [0.5, 0.6) is 0 Å². The van der Waals surface area contributed by atoms with Crippen molar-refractivity contribution in [1.29, 1.82) is 0 Å². The van der Waals surface area contributed by atoms with E-state index in [1.54, 1.807) is 0 Å². The SMILES string of the molecule is CCC(O)c1ccccc1.c1cc2c3c(cccc3c1)CNC2. The molecule has 0 aliphatic carbocycles. The zero-order valence-electron chi connectivity index (χ0n) is 13.5. The number of benzene rings is 3. The summed E-state index contributed by atoms with van der Waals surface area (Å²) in [4.78, 5) is 0. The fraction of sp³-hybridized carbons (Fsp3) is 0.238. The van der Waals surface area contributed by atoms with Gasteiger partial charge in [-0.3, -0.25) is 0 Å². The average molecular weight is 305 g/mol. The first kappa shape index (κ1) is 15.7. The Hall–Kier alpha value is -2.16. The highest BCUT2D eigenvalue weighted by Crippen LogP contribution is 2.25. The van der Waals surface area contributed by atoms with Gasteiger partial charge in [0, 0.05) is 13.1 Å². The maximum atomic E-state index is 9.33. The highest BCUT2D eigenvalue weighted by Gasteiger charge is 2.09. The van der Waals surface area contributed by atoms with Gasteiger partial charge in [0.05, 0.1) is 6.10 Å². The number of aliphatic hydroxyl groups excluding tert-OH is 1. The topological polar surface area (TPSA) is 32.3 Å². The first-order valence-corrected chi connectivity index (χ1v) is 8.23. The summed E-state index contributed by atoms with van der Waals surface area (Å²) < 4.78 is 0. The summed E-state index contributed by atoms with van der Waals surface area (Å²) in [5.74, 6) is 0. The van der Waals surface area contributed by atoms with Crippen molar-refractivity contribution >= 4 is 10.8 Å². The summed E-state index contributed by atoms with van der Waals surface area (Å²) in [7, 11) is 0. The third-order valence-corrected chi connectivity index (χ3v) is 4.28. The van der Waals surface area contributed by atoms with Gasteiger partial charge in [0.1, 0.15) is 0 Å². The Morgan fingerprint density at radius 2 is 1.48 bits per heavy atom. The summed E-state index contributed by atoms with van der Waals surface area (Å²) in [6.45, 7) is 3.99. The van der Waals surface area contributed by atoms with Gasteiger partial charge in [-0.25, -0.2) is 0 Å². The van der Waals surface area contributed by atoms with Gasteiger partial charge in [0.15, 0.2) is 0 Å². The van der Waals surface area contributed by atoms with E-state index < -0.39 is 0 Å². The molecule has 0 bridgehead atoms. The molecule has 1 heterocycles. The maximum absolute atomic E-state index is 9.33. The molecule has 0 saturated carbocycles. The van der Waals surface area contributed by atoms with E-state index in [4.69, 9.17) is 0 Å². The second-order valence-electron chi connectivity index (χ2n) is 5.87. The molecule has 0 radical (unpaired) electrons. The van der Waals surface area contributed by atoms with E-state index in [-0.39, 0.29) is 6.10 Å². The lowest BCUT2D eigenvalue weighted by atomic mass is 9.96. The Morgan fingerprint density at radius 1 is 0.870 bits per heavy atom. The van der Waals surface area contributed by atoms with Crippen LogP contribution in [0.2, 0.25) is 0 Å². The van der Waals surface area contributed by atoms with Gasteiger partial charge in [-0.1, -0.05) is 73.7 Å². The van der Waals surface area contributed by atoms with E-state index in [2.05, 4.69) is 41.7 Å². The highest BCUT2D eigenvalue weighted by molar-refractivity contribution is 5.89. The van der Waals surface area contributed by atoms with E-state index >= 15 is 0 Å². The van der Waals surface area contributed by atoms with E-state index in [1.807, 2.05) is 37.3 Å². The quantitative estimate of drug-likeness (QED) is 0.726. The van der Waals surface area contributed by atoms with Crippen LogP contribution in [0, 0.1) is 0 Å². The number of hydrogen-bond donors (Lipinski definition) is 2. The minimum Gasteiger partial charge on any atom is -0.388 e. The van der Waals surface area contributed by atoms with Crippen molar-refractivity contribution in [2.24, 2.45) is 0 Å². The van der Waals surface area contributed by atoms with Crippen molar-refractivity contribution in [2.75, 3.05) is 0 Å². The first-order chi connectivity index (χ1) is 11.3. The van der Waals surface area contributed by atoms with E-state index in [0.717, 1.165) is 25.1 Å². The maximum Gasteiger partial charge on any atom is 0.0787 e. The highest BCUT2D eigenvalue weighted by atomic mass is 16.3. The third kappa shape index (κ3) is 3.61. The van der Waals surface area contributed by atoms with Crippen LogP contribution in [0.4, 0.5) is 0 Å². The van der Waals surface area contributed by atoms with Crippen LogP contribution in [0.25, 0.3) is 10.8 Å². The Morgan fingerprint density at radius 3 is 2.04 bits per heavy atom. The lowest BCUT2D eigenvalue weighted by Gasteiger charge is -2.17. The van der Waals surface area contributed by atoms with Crippen molar-refractivity contribution in [3.63, 3.8) is 0 Å². The molecule has 1 aliphatic rings. The van der Waals surface area contributed by atoms with Gasteiger partial charge in [-0.15, -0.1) is 0 Å². The van der Waals surface area contributed by atoms with E-state index in [1.165, 1.54) is 21.9 Å². The number of hydrogen-bond acceptors (Lipinski definition) is 2. The Balaban J connectivity index is 0.000000142. The predicted molar refractivity (Wildman–Crippen MR) is 96.2 cm³/mol. The molecular weight excluding hydrogens is 282 g/mol. The number of aliphatic hydroxyl groups is 1. The monoisotopic (exact) mass is 305 g/mol. The van der Waals surface area contributed by atoms with E-state index in [0.29, 0.717) is 0 Å². The molecular formula is C21H23NO. The molecule has 3 aromatic rings. The molecule has 23 heavy (non-hydrogen) atoms. The molecule has 1 aliphatic heterocycles. The third-order valence-electron chi connectivity index (χ3n) is 4.28. The minimum absolute atomic E-state index is 0.291. The molecule has 2 heteroatoms. The largest absolute Gasteiger partial charge is 0.388 e. The van der Waals surface area contributed by atoms with Crippen molar-refractivity contribution in [2.45, 2.75) is 32.5 Å². The van der Waals surface area contributed by atoms with Gasteiger partial charge in [0.25, 0.3) is 0 Å². The smallest absolute Gasteiger partial charge is 0.0787 e. The second kappa shape index (κ2) is 7.40. The molecule has 3 aromatic carbocycles. The van der Waals surface area contributed by atoms with Crippen LogP contribution >= 0.6 is 0 Å². The molecule has 0 amide bonds. The van der Waals surface area contributed by atoms with Gasteiger partial charge < -0.3 is 10.4 Å². The molecule has 0 fully saturated rings. The summed E-state index contributed by atoms with van der Waals surface area (Å²) in [5.41, 5.74) is 3.86. The fourth-order valence-electron chi connectivity index (χ4n) is 3.04. The zero-order chi connectivity index (χ0) is 16.1. The van der Waals surface area contributed by atoms with Gasteiger partial charge >= 0.3 is 0 Å². The van der Waals surface area contributed by atoms with Crippen molar-refractivity contribution in [3.8, 4) is 0 Å². The zero-order valence-corrected chi connectivity index (χ0v) is 13.5. The van der Waals surface area contributed by atoms with Gasteiger partial charge in [0.2, 0.25) is 0 Å². The van der Waals surface area contributed by atoms with Crippen LogP contribution in [-0.2, 0) is 13.1 Å². The lowest BCUT2D eigenvalue weighted by Crippen LogP contribution is -2.18. The van der Waals surface area contributed by atoms with Crippen LogP contribution in [-0.4, -0.2) is 5.11 Å². The molecule has 0 aromatic heterocycles. The summed E-state index contributed by atoms with van der Waals surface area (Å²) in [6, 6.07) is 22.8. The Bertz CT molecular complexity index is 728. The molecule has 1 atom stereocenters. The fourth-order valence-corrected chi connectivity index (χ4v) is 3.04. The molecule has 0 spiro atoms. The van der Waals surface area contributed by atoms with Crippen LogP contribution < -0.4 is 5.32 Å². The predicted octanol–water partition coefficient (Wildman–Crippen LogP) is 4.57. The summed E-state index contributed by atoms with van der Waals surface area (Å²) in [6.07, 6.45) is 0.491. The van der Waals surface area contributed by atoms with Gasteiger partial charge in [-0.05, 0) is 33.9 Å². The van der Waals surface area contributed by atoms with Crippen LogP contribution in [0.3, 0.4) is 0 Å². The Labute approximate surface area is 137 Å². The minimum atomic E-state index is -0.291. The molecule has 118 valence electrons.